The lowest BCUT2D eigenvalue weighted by Gasteiger charge is -2.32. The molecule has 1 aliphatic carbocycles. The zero-order valence-electron chi connectivity index (χ0n) is 20.2. The Morgan fingerprint density at radius 3 is 2.41 bits per heavy atom. The number of benzene rings is 1. The fraction of sp³-hybridized carbons (Fsp3) is 0.519. The summed E-state index contributed by atoms with van der Waals surface area (Å²) < 4.78 is 0. The van der Waals surface area contributed by atoms with E-state index < -0.39 is 5.91 Å². The summed E-state index contributed by atoms with van der Waals surface area (Å²) in [5, 5.41) is 6.80. The minimum absolute atomic E-state index is 0.250. The highest BCUT2D eigenvalue weighted by atomic mass is 16.2. The van der Waals surface area contributed by atoms with Crippen molar-refractivity contribution in [1.82, 2.24) is 9.88 Å². The number of hydrogen-bond donors (Lipinski definition) is 3. The summed E-state index contributed by atoms with van der Waals surface area (Å²) in [6, 6.07) is 10.3. The highest BCUT2D eigenvalue weighted by Crippen LogP contribution is 2.30. The number of nitrogens with two attached hydrogens (primary N) is 1. The number of amides is 2. The first-order valence-electron chi connectivity index (χ1n) is 12.7. The molecule has 0 unspecified atom stereocenters. The molecule has 1 saturated heterocycles. The van der Waals surface area contributed by atoms with Crippen LogP contribution < -0.4 is 16.4 Å². The maximum Gasteiger partial charge on any atom is 0.252 e. The number of anilines is 3. The third-order valence-corrected chi connectivity index (χ3v) is 7.28. The van der Waals surface area contributed by atoms with Gasteiger partial charge in [-0.3, -0.25) is 9.59 Å². The van der Waals surface area contributed by atoms with Gasteiger partial charge in [-0.05, 0) is 55.2 Å². The van der Waals surface area contributed by atoms with Gasteiger partial charge in [0.25, 0.3) is 5.91 Å². The third kappa shape index (κ3) is 6.07. The molecule has 182 valence electrons. The van der Waals surface area contributed by atoms with Crippen LogP contribution in [-0.2, 0) is 4.79 Å². The van der Waals surface area contributed by atoms with Crippen molar-refractivity contribution < 1.29 is 9.59 Å². The molecular weight excluding hydrogens is 426 g/mol. The predicted octanol–water partition coefficient (Wildman–Crippen LogP) is 5.03. The van der Waals surface area contributed by atoms with Crippen LogP contribution in [0.3, 0.4) is 0 Å². The van der Waals surface area contributed by atoms with Crippen molar-refractivity contribution in [1.29, 1.82) is 0 Å². The number of rotatable bonds is 8. The van der Waals surface area contributed by atoms with Gasteiger partial charge in [0, 0.05) is 44.0 Å². The number of pyridine rings is 1. The summed E-state index contributed by atoms with van der Waals surface area (Å²) in [6.07, 6.45) is 10.5. The standard InChI is InChI=1S/C27H37N5O2/c1-2-26(33)32-14-12-21(13-15-32)20-8-10-22(11-9-20)31-25-16-24(23(18-30-25)27(28)34)29-17-19-6-4-3-5-7-19/h8-11,16,18-19,21H,2-7,12-15,17H2,1H3,(H2,28,34)(H2,29,30,31). The number of carbonyl (C=O) groups is 2. The quantitative estimate of drug-likeness (QED) is 0.510. The van der Waals surface area contributed by atoms with Crippen LogP contribution >= 0.6 is 0 Å². The summed E-state index contributed by atoms with van der Waals surface area (Å²) in [4.78, 5) is 30.2. The van der Waals surface area contributed by atoms with Crippen molar-refractivity contribution in [3.63, 3.8) is 0 Å². The molecule has 0 bridgehead atoms. The van der Waals surface area contributed by atoms with Crippen LogP contribution in [0.5, 0.6) is 0 Å². The summed E-state index contributed by atoms with van der Waals surface area (Å²) >= 11 is 0. The molecule has 0 radical (unpaired) electrons. The number of piperidine rings is 1. The normalized spacial score (nSPS) is 17.4. The Balaban J connectivity index is 1.38. The van der Waals surface area contributed by atoms with E-state index in [4.69, 9.17) is 5.73 Å². The minimum atomic E-state index is -0.471. The first-order chi connectivity index (χ1) is 16.5. The molecule has 34 heavy (non-hydrogen) atoms. The largest absolute Gasteiger partial charge is 0.384 e. The van der Waals surface area contributed by atoms with E-state index >= 15 is 0 Å². The number of likely N-dealkylation sites (tertiary alicyclic amines) is 1. The van der Waals surface area contributed by atoms with Gasteiger partial charge < -0.3 is 21.3 Å². The Morgan fingerprint density at radius 2 is 1.76 bits per heavy atom. The van der Waals surface area contributed by atoms with Crippen LogP contribution in [0, 0.1) is 5.92 Å². The maximum absolute atomic E-state index is 11.9. The fourth-order valence-corrected chi connectivity index (χ4v) is 5.18. The Morgan fingerprint density at radius 1 is 1.06 bits per heavy atom. The first kappa shape index (κ1) is 24.0. The smallest absolute Gasteiger partial charge is 0.252 e. The molecule has 7 heteroatoms. The average Bonchev–Trinajstić information content (AvgIpc) is 2.88. The van der Waals surface area contributed by atoms with Crippen molar-refractivity contribution in [3.05, 3.63) is 47.7 Å². The van der Waals surface area contributed by atoms with Gasteiger partial charge in [-0.25, -0.2) is 4.98 Å². The summed E-state index contributed by atoms with van der Waals surface area (Å²) in [5.41, 5.74) is 8.99. The van der Waals surface area contributed by atoms with Crippen LogP contribution in [0.1, 0.15) is 80.1 Å². The molecule has 2 amide bonds. The molecule has 2 fully saturated rings. The number of carbonyl (C=O) groups excluding carboxylic acids is 2. The second-order valence-corrected chi connectivity index (χ2v) is 9.62. The van der Waals surface area contributed by atoms with Gasteiger partial charge in [-0.1, -0.05) is 38.3 Å². The Bertz CT molecular complexity index is 977. The molecule has 1 saturated carbocycles. The topological polar surface area (TPSA) is 100 Å². The van der Waals surface area contributed by atoms with Crippen LogP contribution in [0.15, 0.2) is 36.5 Å². The third-order valence-electron chi connectivity index (χ3n) is 7.28. The van der Waals surface area contributed by atoms with E-state index in [1.54, 1.807) is 6.20 Å². The van der Waals surface area contributed by atoms with Gasteiger partial charge in [0.15, 0.2) is 0 Å². The summed E-state index contributed by atoms with van der Waals surface area (Å²) in [5.74, 6) is 1.58. The molecule has 4 N–H and O–H groups in total. The first-order valence-corrected chi connectivity index (χ1v) is 12.7. The second-order valence-electron chi connectivity index (χ2n) is 9.62. The average molecular weight is 464 g/mol. The maximum atomic E-state index is 11.9. The van der Waals surface area contributed by atoms with Crippen LogP contribution in [0.25, 0.3) is 0 Å². The summed E-state index contributed by atoms with van der Waals surface area (Å²) in [6.45, 7) is 4.45. The van der Waals surface area contributed by atoms with Crippen molar-refractivity contribution >= 4 is 29.0 Å². The van der Waals surface area contributed by atoms with Gasteiger partial charge in [0.05, 0.1) is 11.3 Å². The summed E-state index contributed by atoms with van der Waals surface area (Å²) in [7, 11) is 0. The van der Waals surface area contributed by atoms with E-state index in [9.17, 15) is 9.59 Å². The van der Waals surface area contributed by atoms with E-state index in [1.807, 2.05) is 17.9 Å². The van der Waals surface area contributed by atoms with Gasteiger partial charge in [0.2, 0.25) is 5.91 Å². The molecular formula is C27H37N5O2. The molecule has 1 aromatic heterocycles. The van der Waals surface area contributed by atoms with Crippen LogP contribution in [0.4, 0.5) is 17.2 Å². The van der Waals surface area contributed by atoms with Gasteiger partial charge in [0.1, 0.15) is 5.82 Å². The molecule has 2 aliphatic rings. The molecule has 7 nitrogen and oxygen atoms in total. The highest BCUT2D eigenvalue weighted by molar-refractivity contribution is 5.98. The van der Waals surface area contributed by atoms with Crippen LogP contribution in [0.2, 0.25) is 0 Å². The molecule has 2 heterocycles. The second kappa shape index (κ2) is 11.4. The van der Waals surface area contributed by atoms with Crippen molar-refractivity contribution in [2.24, 2.45) is 11.7 Å². The number of nitrogens with zero attached hydrogens (tertiary/aromatic N) is 2. The molecule has 1 aromatic carbocycles. The van der Waals surface area contributed by atoms with E-state index in [0.717, 1.165) is 43.9 Å². The van der Waals surface area contributed by atoms with Crippen molar-refractivity contribution in [2.75, 3.05) is 30.3 Å². The molecule has 2 aromatic rings. The minimum Gasteiger partial charge on any atom is -0.384 e. The van der Waals surface area contributed by atoms with Gasteiger partial charge >= 0.3 is 0 Å². The Labute approximate surface area is 202 Å². The number of aromatic nitrogens is 1. The molecule has 0 spiro atoms. The van der Waals surface area contributed by atoms with E-state index in [0.29, 0.717) is 29.6 Å². The monoisotopic (exact) mass is 463 g/mol. The zero-order chi connectivity index (χ0) is 23.9. The lowest BCUT2D eigenvalue weighted by Crippen LogP contribution is -2.37. The highest BCUT2D eigenvalue weighted by Gasteiger charge is 2.23. The van der Waals surface area contributed by atoms with E-state index in [1.165, 1.54) is 37.7 Å². The van der Waals surface area contributed by atoms with E-state index in [-0.39, 0.29) is 5.91 Å². The Hall–Kier alpha value is -3.09. The van der Waals surface area contributed by atoms with Gasteiger partial charge in [-0.15, -0.1) is 0 Å². The van der Waals surface area contributed by atoms with Crippen molar-refractivity contribution in [2.45, 2.75) is 64.2 Å². The predicted molar refractivity (Wildman–Crippen MR) is 136 cm³/mol. The molecule has 4 rings (SSSR count). The lowest BCUT2D eigenvalue weighted by atomic mass is 9.89. The van der Waals surface area contributed by atoms with E-state index in [2.05, 4.69) is 39.9 Å². The SMILES string of the molecule is CCC(=O)N1CCC(c2ccc(Nc3cc(NCC4CCCCC4)c(C(N)=O)cn3)cc2)CC1. The number of nitrogens with one attached hydrogen (secondary N) is 2. The zero-order valence-corrected chi connectivity index (χ0v) is 20.2. The molecule has 1 aliphatic heterocycles. The number of hydrogen-bond acceptors (Lipinski definition) is 5. The van der Waals surface area contributed by atoms with Gasteiger partial charge in [-0.2, -0.15) is 0 Å². The fourth-order valence-electron chi connectivity index (χ4n) is 5.18. The van der Waals surface area contributed by atoms with Crippen molar-refractivity contribution in [3.8, 4) is 0 Å². The number of primary amides is 1. The molecule has 0 atom stereocenters. The Kier molecular flexibility index (Phi) is 8.03. The lowest BCUT2D eigenvalue weighted by molar-refractivity contribution is -0.131. The van der Waals surface area contributed by atoms with Crippen LogP contribution in [-0.4, -0.2) is 41.3 Å².